The molecule has 3 aromatic heterocycles. The quantitative estimate of drug-likeness (QED) is 0.592. The summed E-state index contributed by atoms with van der Waals surface area (Å²) in [4.78, 5) is 50.9. The topological polar surface area (TPSA) is 137 Å². The molecule has 0 bridgehead atoms. The van der Waals surface area contributed by atoms with Gasteiger partial charge in [0.25, 0.3) is 5.56 Å². The second kappa shape index (κ2) is 5.30. The number of pyridine rings is 1. The van der Waals surface area contributed by atoms with Crippen LogP contribution in [0.3, 0.4) is 0 Å². The van der Waals surface area contributed by atoms with Gasteiger partial charge in [0.2, 0.25) is 0 Å². The molecule has 10 nitrogen and oxygen atoms in total. The minimum atomic E-state index is -0.860. The van der Waals surface area contributed by atoms with Crippen molar-refractivity contribution in [2.75, 3.05) is 5.73 Å². The number of H-pyrrole nitrogens is 1. The smallest absolute Gasteiger partial charge is 0.350 e. The molecule has 1 saturated carbocycles. The highest BCUT2D eigenvalue weighted by Gasteiger charge is 2.30. The standard InChI is InChI=1S/C15H14N6O4/c16-12-11(13(23)17-14(24)21(12)8-4-5-8)9(22)7-20-15(25)19-6-2-1-3-10(19)18-20/h1-3,6,8H,4-5,7,16H2,(H,17,23,24). The maximum atomic E-state index is 12.6. The monoisotopic (exact) mass is 342 g/mol. The fraction of sp³-hybridized carbons (Fsp3) is 0.267. The Morgan fingerprint density at radius 3 is 2.72 bits per heavy atom. The van der Waals surface area contributed by atoms with Crippen LogP contribution in [0.4, 0.5) is 5.82 Å². The summed E-state index contributed by atoms with van der Waals surface area (Å²) < 4.78 is 3.47. The third-order valence-electron chi connectivity index (χ3n) is 4.15. The number of rotatable bonds is 4. The molecule has 1 aliphatic rings. The first-order chi connectivity index (χ1) is 12.0. The van der Waals surface area contributed by atoms with E-state index >= 15 is 0 Å². The van der Waals surface area contributed by atoms with Gasteiger partial charge < -0.3 is 5.73 Å². The lowest BCUT2D eigenvalue weighted by Crippen LogP contribution is -2.37. The maximum absolute atomic E-state index is 12.6. The van der Waals surface area contributed by atoms with Crippen LogP contribution in [0.15, 0.2) is 38.8 Å². The Bertz CT molecular complexity index is 1180. The van der Waals surface area contributed by atoms with Crippen molar-refractivity contribution in [2.45, 2.75) is 25.4 Å². The zero-order valence-electron chi connectivity index (χ0n) is 13.0. The van der Waals surface area contributed by atoms with Crippen molar-refractivity contribution >= 4 is 17.2 Å². The lowest BCUT2D eigenvalue weighted by atomic mass is 10.2. The summed E-state index contributed by atoms with van der Waals surface area (Å²) in [5.41, 5.74) is 3.96. The summed E-state index contributed by atoms with van der Waals surface area (Å²) >= 11 is 0. The molecule has 0 unspecified atom stereocenters. The lowest BCUT2D eigenvalue weighted by Gasteiger charge is -2.10. The summed E-state index contributed by atoms with van der Waals surface area (Å²) in [6.07, 6.45) is 3.05. The second-order valence-electron chi connectivity index (χ2n) is 5.91. The molecule has 1 fully saturated rings. The van der Waals surface area contributed by atoms with Gasteiger partial charge in [-0.25, -0.2) is 14.3 Å². The first-order valence-corrected chi connectivity index (χ1v) is 7.69. The van der Waals surface area contributed by atoms with Crippen LogP contribution in [0.5, 0.6) is 0 Å². The molecule has 0 aliphatic heterocycles. The summed E-state index contributed by atoms with van der Waals surface area (Å²) in [6, 6.07) is 4.89. The van der Waals surface area contributed by atoms with Gasteiger partial charge in [-0.2, -0.15) is 0 Å². The number of hydrogen-bond acceptors (Lipinski definition) is 6. The number of anilines is 1. The van der Waals surface area contributed by atoms with Crippen LogP contribution in [0.25, 0.3) is 5.65 Å². The SMILES string of the molecule is Nc1c(C(=O)Cn2nc3ccccn3c2=O)c(=O)[nH]c(=O)n1C1CC1. The fourth-order valence-electron chi connectivity index (χ4n) is 2.82. The van der Waals surface area contributed by atoms with Gasteiger partial charge in [0, 0.05) is 12.2 Å². The first-order valence-electron chi connectivity index (χ1n) is 7.69. The molecule has 0 aromatic carbocycles. The van der Waals surface area contributed by atoms with E-state index in [0.29, 0.717) is 5.65 Å². The predicted octanol–water partition coefficient (Wildman–Crippen LogP) is -0.854. The maximum Gasteiger partial charge on any atom is 0.350 e. The summed E-state index contributed by atoms with van der Waals surface area (Å²) in [5.74, 6) is -0.850. The van der Waals surface area contributed by atoms with E-state index in [1.165, 1.54) is 15.2 Å². The molecule has 0 atom stereocenters. The van der Waals surface area contributed by atoms with Crippen molar-refractivity contribution in [1.29, 1.82) is 0 Å². The van der Waals surface area contributed by atoms with E-state index in [1.807, 2.05) is 0 Å². The van der Waals surface area contributed by atoms with Crippen LogP contribution in [0, 0.1) is 0 Å². The van der Waals surface area contributed by atoms with Crippen LogP contribution in [0.2, 0.25) is 0 Å². The van der Waals surface area contributed by atoms with E-state index < -0.39 is 29.3 Å². The number of nitrogens with one attached hydrogen (secondary N) is 1. The van der Waals surface area contributed by atoms with Crippen LogP contribution in [-0.2, 0) is 6.54 Å². The number of aromatic nitrogens is 5. The van der Waals surface area contributed by atoms with Crippen molar-refractivity contribution in [2.24, 2.45) is 0 Å². The third kappa shape index (κ3) is 2.38. The molecule has 128 valence electrons. The Hall–Kier alpha value is -3.43. The molecule has 4 rings (SSSR count). The largest absolute Gasteiger partial charge is 0.384 e. The zero-order chi connectivity index (χ0) is 17.7. The zero-order valence-corrected chi connectivity index (χ0v) is 13.0. The number of fused-ring (bicyclic) bond motifs is 1. The minimum absolute atomic E-state index is 0.103. The van der Waals surface area contributed by atoms with E-state index in [-0.39, 0.29) is 17.4 Å². The number of aromatic amines is 1. The number of ketones is 1. The summed E-state index contributed by atoms with van der Waals surface area (Å²) in [6.45, 7) is -0.448. The second-order valence-corrected chi connectivity index (χ2v) is 5.91. The average molecular weight is 342 g/mol. The molecule has 0 spiro atoms. The molecule has 3 aromatic rings. The molecule has 3 heterocycles. The van der Waals surface area contributed by atoms with E-state index in [1.54, 1.807) is 18.2 Å². The normalized spacial score (nSPS) is 14.1. The summed E-state index contributed by atoms with van der Waals surface area (Å²) in [5, 5.41) is 4.05. The van der Waals surface area contributed by atoms with Gasteiger partial charge >= 0.3 is 11.4 Å². The van der Waals surface area contributed by atoms with Crippen LogP contribution < -0.4 is 22.7 Å². The van der Waals surface area contributed by atoms with Crippen molar-refractivity contribution in [1.82, 2.24) is 23.7 Å². The molecule has 3 N–H and O–H groups in total. The molecule has 0 amide bonds. The molecule has 0 saturated heterocycles. The van der Waals surface area contributed by atoms with Gasteiger partial charge in [-0.1, -0.05) is 6.07 Å². The van der Waals surface area contributed by atoms with E-state index in [0.717, 1.165) is 17.5 Å². The van der Waals surface area contributed by atoms with Gasteiger partial charge in [0.15, 0.2) is 11.4 Å². The Kier molecular flexibility index (Phi) is 3.20. The van der Waals surface area contributed by atoms with Crippen LogP contribution in [0.1, 0.15) is 29.2 Å². The first kappa shape index (κ1) is 15.1. The van der Waals surface area contributed by atoms with Crippen molar-refractivity contribution < 1.29 is 4.79 Å². The van der Waals surface area contributed by atoms with Gasteiger partial charge in [0.05, 0.1) is 0 Å². The number of Topliss-reactive ketones (excluding diaryl/α,β-unsaturated/α-hetero) is 1. The van der Waals surface area contributed by atoms with E-state index in [4.69, 9.17) is 5.73 Å². The molecular weight excluding hydrogens is 328 g/mol. The van der Waals surface area contributed by atoms with Gasteiger partial charge in [-0.15, -0.1) is 5.10 Å². The lowest BCUT2D eigenvalue weighted by molar-refractivity contribution is 0.0965. The van der Waals surface area contributed by atoms with E-state index in [9.17, 15) is 19.2 Å². The molecule has 1 aliphatic carbocycles. The Morgan fingerprint density at radius 1 is 1.28 bits per heavy atom. The number of nitrogen functional groups attached to an aromatic ring is 1. The van der Waals surface area contributed by atoms with Gasteiger partial charge in [-0.05, 0) is 25.0 Å². The van der Waals surface area contributed by atoms with Gasteiger partial charge in [-0.3, -0.25) is 23.5 Å². The Labute approximate surface area is 139 Å². The number of carbonyl (C=O) groups is 1. The molecule has 25 heavy (non-hydrogen) atoms. The fourth-order valence-corrected chi connectivity index (χ4v) is 2.82. The van der Waals surface area contributed by atoms with E-state index in [2.05, 4.69) is 10.1 Å². The highest BCUT2D eigenvalue weighted by atomic mass is 16.2. The number of nitrogens with two attached hydrogens (primary N) is 1. The highest BCUT2D eigenvalue weighted by molar-refractivity contribution is 5.99. The molecular formula is C15H14N6O4. The molecule has 10 heteroatoms. The average Bonchev–Trinajstić information content (AvgIpc) is 3.33. The van der Waals surface area contributed by atoms with Crippen molar-refractivity contribution in [3.05, 3.63) is 61.3 Å². The van der Waals surface area contributed by atoms with Crippen molar-refractivity contribution in [3.63, 3.8) is 0 Å². The third-order valence-corrected chi connectivity index (χ3v) is 4.15. The predicted molar refractivity (Wildman–Crippen MR) is 87.8 cm³/mol. The number of carbonyl (C=O) groups excluding carboxylic acids is 1. The van der Waals surface area contributed by atoms with Crippen molar-refractivity contribution in [3.8, 4) is 0 Å². The Morgan fingerprint density at radius 2 is 2.04 bits per heavy atom. The minimum Gasteiger partial charge on any atom is -0.384 e. The van der Waals surface area contributed by atoms with Crippen LogP contribution in [-0.4, -0.2) is 29.5 Å². The molecule has 0 radical (unpaired) electrons. The van der Waals surface area contributed by atoms with Crippen LogP contribution >= 0.6 is 0 Å². The number of nitrogens with zero attached hydrogens (tertiary/aromatic N) is 4. The van der Waals surface area contributed by atoms with Gasteiger partial charge in [0.1, 0.15) is 17.9 Å². The highest BCUT2D eigenvalue weighted by Crippen LogP contribution is 2.35. The number of hydrogen-bond donors (Lipinski definition) is 2. The Balaban J connectivity index is 1.77. The summed E-state index contributed by atoms with van der Waals surface area (Å²) in [7, 11) is 0.